The fourth-order valence-corrected chi connectivity index (χ4v) is 2.61. The lowest BCUT2D eigenvalue weighted by Crippen LogP contribution is -2.54. The van der Waals surface area contributed by atoms with Crippen molar-refractivity contribution in [3.05, 3.63) is 56.9 Å². The third kappa shape index (κ3) is 3.13. The van der Waals surface area contributed by atoms with Crippen LogP contribution in [0, 0.1) is 0 Å². The Morgan fingerprint density at radius 3 is 2.30 bits per heavy atom. The fraction of sp³-hybridized carbons (Fsp3) is 0. The quantitative estimate of drug-likeness (QED) is 0.573. The Hall–Kier alpha value is -2.19. The van der Waals surface area contributed by atoms with Crippen molar-refractivity contribution in [3.8, 4) is 0 Å². The maximum Gasteiger partial charge on any atom is 0.335 e. The number of halogens is 2. The first kappa shape index (κ1) is 15.7. The Kier molecular flexibility index (Phi) is 4.18. The molecule has 0 atom stereocenters. The SMILES string of the molecule is O=C1NC(=O)N(c2ccc(Br)cc2)C(=O)C1=Cc1ccc(Br)o1. The highest BCUT2D eigenvalue weighted by Gasteiger charge is 2.36. The topological polar surface area (TPSA) is 79.6 Å². The molecule has 2 aromatic rings. The molecule has 0 bridgehead atoms. The van der Waals surface area contributed by atoms with Crippen molar-refractivity contribution in [2.24, 2.45) is 0 Å². The summed E-state index contributed by atoms with van der Waals surface area (Å²) in [6.07, 6.45) is 1.29. The smallest absolute Gasteiger partial charge is 0.335 e. The molecule has 116 valence electrons. The van der Waals surface area contributed by atoms with Crippen molar-refractivity contribution in [2.45, 2.75) is 0 Å². The minimum absolute atomic E-state index is 0.186. The van der Waals surface area contributed by atoms with Gasteiger partial charge in [-0.25, -0.2) is 9.69 Å². The van der Waals surface area contributed by atoms with E-state index in [1.54, 1.807) is 36.4 Å². The fourth-order valence-electron chi connectivity index (χ4n) is 2.03. The predicted molar refractivity (Wildman–Crippen MR) is 89.6 cm³/mol. The Morgan fingerprint density at radius 1 is 1.00 bits per heavy atom. The highest BCUT2D eigenvalue weighted by molar-refractivity contribution is 9.10. The number of nitrogens with zero attached hydrogens (tertiary/aromatic N) is 1. The molecule has 0 unspecified atom stereocenters. The number of urea groups is 1. The van der Waals surface area contributed by atoms with Crippen LogP contribution in [0.15, 0.2) is 55.5 Å². The van der Waals surface area contributed by atoms with Crippen LogP contribution in [0.1, 0.15) is 5.76 Å². The minimum atomic E-state index is -0.792. The summed E-state index contributed by atoms with van der Waals surface area (Å²) < 4.78 is 6.54. The minimum Gasteiger partial charge on any atom is -0.450 e. The first-order chi connectivity index (χ1) is 11.0. The van der Waals surface area contributed by atoms with Crippen molar-refractivity contribution in [2.75, 3.05) is 4.90 Å². The van der Waals surface area contributed by atoms with Crippen LogP contribution in [0.25, 0.3) is 6.08 Å². The van der Waals surface area contributed by atoms with Crippen molar-refractivity contribution >= 4 is 61.5 Å². The molecule has 8 heteroatoms. The molecule has 6 nitrogen and oxygen atoms in total. The maximum atomic E-state index is 12.6. The van der Waals surface area contributed by atoms with Gasteiger partial charge in [-0.1, -0.05) is 15.9 Å². The van der Waals surface area contributed by atoms with Crippen molar-refractivity contribution < 1.29 is 18.8 Å². The number of rotatable bonds is 2. The zero-order chi connectivity index (χ0) is 16.6. The monoisotopic (exact) mass is 438 g/mol. The highest BCUT2D eigenvalue weighted by Crippen LogP contribution is 2.24. The molecular formula is C15H8Br2N2O4. The lowest BCUT2D eigenvalue weighted by molar-refractivity contribution is -0.122. The number of anilines is 1. The summed E-state index contributed by atoms with van der Waals surface area (Å²) in [5.41, 5.74) is 0.170. The Morgan fingerprint density at radius 2 is 1.70 bits per heavy atom. The summed E-state index contributed by atoms with van der Waals surface area (Å²) >= 11 is 6.42. The lowest BCUT2D eigenvalue weighted by Gasteiger charge is -2.26. The van der Waals surface area contributed by atoms with Gasteiger partial charge < -0.3 is 4.42 Å². The van der Waals surface area contributed by atoms with E-state index in [-0.39, 0.29) is 5.57 Å². The van der Waals surface area contributed by atoms with E-state index in [2.05, 4.69) is 37.2 Å². The summed E-state index contributed by atoms with van der Waals surface area (Å²) in [4.78, 5) is 37.4. The molecule has 1 aliphatic rings. The number of carbonyl (C=O) groups is 3. The molecular weight excluding hydrogens is 432 g/mol. The van der Waals surface area contributed by atoms with Crippen LogP contribution >= 0.6 is 31.9 Å². The van der Waals surface area contributed by atoms with Crippen LogP contribution in [0.3, 0.4) is 0 Å². The number of amides is 4. The van der Waals surface area contributed by atoms with E-state index in [9.17, 15) is 14.4 Å². The van der Waals surface area contributed by atoms with Gasteiger partial charge in [0.2, 0.25) is 0 Å². The van der Waals surface area contributed by atoms with E-state index in [0.717, 1.165) is 9.37 Å². The van der Waals surface area contributed by atoms with Gasteiger partial charge in [-0.2, -0.15) is 0 Å². The van der Waals surface area contributed by atoms with Gasteiger partial charge in [0.15, 0.2) is 4.67 Å². The van der Waals surface area contributed by atoms with E-state index < -0.39 is 17.8 Å². The second-order valence-electron chi connectivity index (χ2n) is 4.58. The largest absolute Gasteiger partial charge is 0.450 e. The molecule has 1 aromatic carbocycles. The number of imide groups is 2. The normalized spacial score (nSPS) is 16.9. The van der Waals surface area contributed by atoms with Gasteiger partial charge in [0.1, 0.15) is 11.3 Å². The molecule has 1 aliphatic heterocycles. The molecule has 0 radical (unpaired) electrons. The summed E-state index contributed by atoms with van der Waals surface area (Å²) in [5.74, 6) is -1.16. The number of hydrogen-bond acceptors (Lipinski definition) is 4. The molecule has 0 aliphatic carbocycles. The lowest BCUT2D eigenvalue weighted by atomic mass is 10.1. The number of furan rings is 1. The van der Waals surface area contributed by atoms with Gasteiger partial charge in [-0.05, 0) is 58.4 Å². The second kappa shape index (κ2) is 6.13. The standard InChI is InChI=1S/C15H8Br2N2O4/c16-8-1-3-9(4-2-8)19-14(21)11(13(20)18-15(19)22)7-10-5-6-12(17)23-10/h1-7H,(H,18,20,22). The maximum absolute atomic E-state index is 12.6. The van der Waals surface area contributed by atoms with Crippen LogP contribution in [0.4, 0.5) is 10.5 Å². The first-order valence-electron chi connectivity index (χ1n) is 6.38. The van der Waals surface area contributed by atoms with E-state index in [4.69, 9.17) is 4.42 Å². The van der Waals surface area contributed by atoms with E-state index in [1.807, 2.05) is 0 Å². The van der Waals surface area contributed by atoms with Crippen molar-refractivity contribution in [1.29, 1.82) is 0 Å². The third-order valence-electron chi connectivity index (χ3n) is 3.07. The van der Waals surface area contributed by atoms with E-state index >= 15 is 0 Å². The average molecular weight is 440 g/mol. The molecule has 3 rings (SSSR count). The molecule has 1 fully saturated rings. The molecule has 1 N–H and O–H groups in total. The zero-order valence-corrected chi connectivity index (χ0v) is 14.5. The third-order valence-corrected chi connectivity index (χ3v) is 4.02. The number of benzene rings is 1. The molecule has 1 aromatic heterocycles. The van der Waals surface area contributed by atoms with Crippen LogP contribution in [-0.4, -0.2) is 17.8 Å². The van der Waals surface area contributed by atoms with Crippen LogP contribution < -0.4 is 10.2 Å². The van der Waals surface area contributed by atoms with Gasteiger partial charge in [0.25, 0.3) is 11.8 Å². The molecule has 4 amide bonds. The van der Waals surface area contributed by atoms with Crippen molar-refractivity contribution in [1.82, 2.24) is 5.32 Å². The van der Waals surface area contributed by atoms with E-state index in [0.29, 0.717) is 16.1 Å². The zero-order valence-electron chi connectivity index (χ0n) is 11.4. The Balaban J connectivity index is 2.00. The van der Waals surface area contributed by atoms with E-state index in [1.165, 1.54) is 6.08 Å². The highest BCUT2D eigenvalue weighted by atomic mass is 79.9. The number of barbiturate groups is 1. The predicted octanol–water partition coefficient (Wildman–Crippen LogP) is 3.47. The molecule has 23 heavy (non-hydrogen) atoms. The number of carbonyl (C=O) groups excluding carboxylic acids is 3. The van der Waals surface area contributed by atoms with Gasteiger partial charge >= 0.3 is 6.03 Å². The van der Waals surface area contributed by atoms with Crippen LogP contribution in [-0.2, 0) is 9.59 Å². The molecule has 2 heterocycles. The van der Waals surface area contributed by atoms with Crippen molar-refractivity contribution in [3.63, 3.8) is 0 Å². The van der Waals surface area contributed by atoms with Gasteiger partial charge in [-0.3, -0.25) is 14.9 Å². The Labute approximate surface area is 147 Å². The number of hydrogen-bond donors (Lipinski definition) is 1. The summed E-state index contributed by atoms with van der Waals surface area (Å²) in [6, 6.07) is 9.02. The van der Waals surface area contributed by atoms with Crippen LogP contribution in [0.5, 0.6) is 0 Å². The second-order valence-corrected chi connectivity index (χ2v) is 6.27. The van der Waals surface area contributed by atoms with Gasteiger partial charge in [-0.15, -0.1) is 0 Å². The summed E-state index contributed by atoms with van der Waals surface area (Å²) in [7, 11) is 0. The Bertz CT molecular complexity index is 839. The van der Waals surface area contributed by atoms with Crippen LogP contribution in [0.2, 0.25) is 0 Å². The molecule has 0 saturated carbocycles. The average Bonchev–Trinajstić information content (AvgIpc) is 2.91. The van der Waals surface area contributed by atoms with Gasteiger partial charge in [0.05, 0.1) is 5.69 Å². The molecule has 0 spiro atoms. The first-order valence-corrected chi connectivity index (χ1v) is 7.96. The number of nitrogens with one attached hydrogen (secondary N) is 1. The summed E-state index contributed by atoms with van der Waals surface area (Å²) in [6.45, 7) is 0. The molecule has 1 saturated heterocycles. The summed E-state index contributed by atoms with van der Waals surface area (Å²) in [5, 5.41) is 2.14. The van der Waals surface area contributed by atoms with Gasteiger partial charge in [0, 0.05) is 4.47 Å².